The molecule has 1 fully saturated rings. The van der Waals surface area contributed by atoms with E-state index in [1.807, 2.05) is 29.7 Å². The van der Waals surface area contributed by atoms with Gasteiger partial charge in [0.25, 0.3) is 0 Å². The number of ether oxygens (including phenoxy) is 1. The van der Waals surface area contributed by atoms with Crippen LogP contribution in [-0.2, 0) is 17.9 Å². The standard InChI is InChI=1S/C27H32FN3O3/c1-27(26(33)30-21-9-4-3-5-10-21,29-16-20-8-6-7-11-24(20)28)18-31-22(17-32)14-19-12-13-23(34-2)15-25(19)31/h6-8,11-15,17,21,29H,3-5,9-10,16,18H2,1-2H3,(H,30,33). The Morgan fingerprint density at radius 1 is 1.18 bits per heavy atom. The summed E-state index contributed by atoms with van der Waals surface area (Å²) in [6.45, 7) is 2.19. The fraction of sp³-hybridized carbons (Fsp3) is 0.407. The summed E-state index contributed by atoms with van der Waals surface area (Å²) >= 11 is 0. The van der Waals surface area contributed by atoms with E-state index in [1.165, 1.54) is 12.5 Å². The van der Waals surface area contributed by atoms with Crippen LogP contribution in [0.3, 0.4) is 0 Å². The average Bonchev–Trinajstić information content (AvgIpc) is 3.20. The van der Waals surface area contributed by atoms with Crippen molar-refractivity contribution >= 4 is 23.1 Å². The monoisotopic (exact) mass is 465 g/mol. The van der Waals surface area contributed by atoms with Gasteiger partial charge in [0.15, 0.2) is 6.29 Å². The lowest BCUT2D eigenvalue weighted by Crippen LogP contribution is -2.59. The van der Waals surface area contributed by atoms with E-state index >= 15 is 0 Å². The van der Waals surface area contributed by atoms with E-state index in [2.05, 4.69) is 10.6 Å². The van der Waals surface area contributed by atoms with Crippen molar-refractivity contribution in [2.45, 2.75) is 63.7 Å². The molecule has 0 bridgehead atoms. The van der Waals surface area contributed by atoms with Crippen molar-refractivity contribution in [1.29, 1.82) is 0 Å². The molecule has 4 rings (SSSR count). The molecule has 7 heteroatoms. The summed E-state index contributed by atoms with van der Waals surface area (Å²) in [4.78, 5) is 25.6. The van der Waals surface area contributed by atoms with E-state index in [1.54, 1.807) is 31.4 Å². The van der Waals surface area contributed by atoms with E-state index < -0.39 is 5.54 Å². The Balaban J connectivity index is 1.67. The second-order valence-electron chi connectivity index (χ2n) is 9.28. The number of nitrogens with zero attached hydrogens (tertiary/aromatic N) is 1. The van der Waals surface area contributed by atoms with E-state index in [0.29, 0.717) is 17.0 Å². The number of rotatable bonds is 9. The normalized spacial score (nSPS) is 16.2. The van der Waals surface area contributed by atoms with Crippen LogP contribution in [0.2, 0.25) is 0 Å². The smallest absolute Gasteiger partial charge is 0.242 e. The maximum Gasteiger partial charge on any atom is 0.242 e. The fourth-order valence-corrected chi connectivity index (χ4v) is 4.70. The molecule has 1 saturated carbocycles. The highest BCUT2D eigenvalue weighted by molar-refractivity contribution is 5.91. The SMILES string of the molecule is COc1ccc2cc(C=O)n(CC(C)(NCc3ccccc3F)C(=O)NC3CCCCC3)c2c1. The van der Waals surface area contributed by atoms with Gasteiger partial charge < -0.3 is 14.6 Å². The molecule has 0 saturated heterocycles. The Hall–Kier alpha value is -3.19. The third kappa shape index (κ3) is 5.14. The van der Waals surface area contributed by atoms with Crippen LogP contribution in [0.4, 0.5) is 4.39 Å². The van der Waals surface area contributed by atoms with Gasteiger partial charge in [-0.15, -0.1) is 0 Å². The van der Waals surface area contributed by atoms with Crippen molar-refractivity contribution < 1.29 is 18.7 Å². The molecule has 1 amide bonds. The molecule has 0 aliphatic heterocycles. The number of nitrogens with one attached hydrogen (secondary N) is 2. The number of hydrogen-bond donors (Lipinski definition) is 2. The van der Waals surface area contributed by atoms with Gasteiger partial charge >= 0.3 is 0 Å². The highest BCUT2D eigenvalue weighted by Gasteiger charge is 2.36. The largest absolute Gasteiger partial charge is 0.497 e. The lowest BCUT2D eigenvalue weighted by Gasteiger charge is -2.34. The average molecular weight is 466 g/mol. The minimum atomic E-state index is -1.09. The molecule has 0 spiro atoms. The third-order valence-electron chi connectivity index (χ3n) is 6.81. The number of hydrogen-bond acceptors (Lipinski definition) is 4. The Labute approximate surface area is 199 Å². The number of benzene rings is 2. The molecule has 1 aliphatic rings. The van der Waals surface area contributed by atoms with Gasteiger partial charge in [-0.3, -0.25) is 14.9 Å². The number of fused-ring (bicyclic) bond motifs is 1. The van der Waals surface area contributed by atoms with Gasteiger partial charge in [0, 0.05) is 29.6 Å². The summed E-state index contributed by atoms with van der Waals surface area (Å²) in [5, 5.41) is 7.40. The predicted molar refractivity (Wildman–Crippen MR) is 131 cm³/mol. The van der Waals surface area contributed by atoms with Gasteiger partial charge in [0.2, 0.25) is 5.91 Å². The van der Waals surface area contributed by atoms with Gasteiger partial charge in [-0.25, -0.2) is 4.39 Å². The molecule has 6 nitrogen and oxygen atoms in total. The first-order valence-electron chi connectivity index (χ1n) is 11.9. The molecule has 1 unspecified atom stereocenters. The van der Waals surface area contributed by atoms with E-state index in [-0.39, 0.29) is 30.9 Å². The predicted octanol–water partition coefficient (Wildman–Crippen LogP) is 4.60. The van der Waals surface area contributed by atoms with Gasteiger partial charge in [-0.05, 0) is 44.0 Å². The molecule has 34 heavy (non-hydrogen) atoms. The lowest BCUT2D eigenvalue weighted by molar-refractivity contribution is -0.128. The molecular formula is C27H32FN3O3. The molecule has 0 radical (unpaired) electrons. The Morgan fingerprint density at radius 3 is 2.65 bits per heavy atom. The molecule has 2 N–H and O–H groups in total. The van der Waals surface area contributed by atoms with Gasteiger partial charge in [-0.2, -0.15) is 0 Å². The summed E-state index contributed by atoms with van der Waals surface area (Å²) in [6.07, 6.45) is 6.10. The van der Waals surface area contributed by atoms with E-state index in [4.69, 9.17) is 4.74 Å². The number of methoxy groups -OCH3 is 1. The van der Waals surface area contributed by atoms with Crippen molar-refractivity contribution in [3.05, 3.63) is 65.6 Å². The summed E-state index contributed by atoms with van der Waals surface area (Å²) in [7, 11) is 1.59. The van der Waals surface area contributed by atoms with Crippen molar-refractivity contribution in [3.8, 4) is 5.75 Å². The molecule has 2 aromatic carbocycles. The van der Waals surface area contributed by atoms with Crippen LogP contribution in [0.25, 0.3) is 10.9 Å². The highest BCUT2D eigenvalue weighted by atomic mass is 19.1. The highest BCUT2D eigenvalue weighted by Crippen LogP contribution is 2.27. The molecular weight excluding hydrogens is 433 g/mol. The van der Waals surface area contributed by atoms with Crippen molar-refractivity contribution in [2.24, 2.45) is 0 Å². The Bertz CT molecular complexity index is 1170. The number of aromatic nitrogens is 1. The molecule has 1 aliphatic carbocycles. The maximum absolute atomic E-state index is 14.3. The number of aldehydes is 1. The summed E-state index contributed by atoms with van der Waals surface area (Å²) in [5.41, 5.74) is 0.652. The lowest BCUT2D eigenvalue weighted by atomic mass is 9.93. The Kier molecular flexibility index (Phi) is 7.32. The third-order valence-corrected chi connectivity index (χ3v) is 6.81. The first-order valence-corrected chi connectivity index (χ1v) is 11.9. The number of amides is 1. The molecule has 180 valence electrons. The summed E-state index contributed by atoms with van der Waals surface area (Å²) in [6, 6.07) is 14.1. The van der Waals surface area contributed by atoms with Crippen molar-refractivity contribution in [2.75, 3.05) is 7.11 Å². The van der Waals surface area contributed by atoms with Crippen LogP contribution in [0.1, 0.15) is 55.1 Å². The first kappa shape index (κ1) is 24.0. The van der Waals surface area contributed by atoms with Crippen LogP contribution in [0.15, 0.2) is 48.5 Å². The second-order valence-corrected chi connectivity index (χ2v) is 9.28. The number of halogens is 1. The van der Waals surface area contributed by atoms with Crippen LogP contribution in [0, 0.1) is 5.82 Å². The summed E-state index contributed by atoms with van der Waals surface area (Å²) in [5.74, 6) is 0.184. The first-order chi connectivity index (χ1) is 16.4. The van der Waals surface area contributed by atoms with Crippen LogP contribution >= 0.6 is 0 Å². The topological polar surface area (TPSA) is 72.4 Å². The molecule has 1 heterocycles. The van der Waals surface area contributed by atoms with Crippen LogP contribution < -0.4 is 15.4 Å². The molecule has 1 aromatic heterocycles. The van der Waals surface area contributed by atoms with Gasteiger partial charge in [-0.1, -0.05) is 37.5 Å². The van der Waals surface area contributed by atoms with Crippen molar-refractivity contribution in [1.82, 2.24) is 15.2 Å². The minimum Gasteiger partial charge on any atom is -0.497 e. The molecule has 1 atom stereocenters. The molecule has 3 aromatic rings. The quantitative estimate of drug-likeness (QED) is 0.453. The van der Waals surface area contributed by atoms with E-state index in [9.17, 15) is 14.0 Å². The van der Waals surface area contributed by atoms with Crippen molar-refractivity contribution in [3.63, 3.8) is 0 Å². The Morgan fingerprint density at radius 2 is 1.94 bits per heavy atom. The van der Waals surface area contributed by atoms with E-state index in [0.717, 1.165) is 42.9 Å². The maximum atomic E-state index is 14.3. The summed E-state index contributed by atoms with van der Waals surface area (Å²) < 4.78 is 21.5. The minimum absolute atomic E-state index is 0.128. The van der Waals surface area contributed by atoms with Gasteiger partial charge in [0.05, 0.1) is 24.9 Å². The zero-order valence-electron chi connectivity index (χ0n) is 19.8. The number of carbonyl (C=O) groups is 2. The van der Waals surface area contributed by atoms with Gasteiger partial charge in [0.1, 0.15) is 17.1 Å². The number of carbonyl (C=O) groups excluding carboxylic acids is 2. The zero-order valence-corrected chi connectivity index (χ0v) is 19.8. The van der Waals surface area contributed by atoms with Crippen LogP contribution in [0.5, 0.6) is 5.75 Å². The van der Waals surface area contributed by atoms with Crippen LogP contribution in [-0.4, -0.2) is 35.5 Å². The zero-order chi connectivity index (χ0) is 24.1. The fourth-order valence-electron chi connectivity index (χ4n) is 4.70. The second kappa shape index (κ2) is 10.4.